The van der Waals surface area contributed by atoms with Crippen LogP contribution in [0.2, 0.25) is 0 Å². The van der Waals surface area contributed by atoms with Gasteiger partial charge in [0.1, 0.15) is 5.69 Å². The number of hydrogen-bond acceptors (Lipinski definition) is 7. The summed E-state index contributed by atoms with van der Waals surface area (Å²) < 4.78 is 28.5. The van der Waals surface area contributed by atoms with Crippen LogP contribution < -0.4 is 10.6 Å². The molecule has 0 aliphatic carbocycles. The minimum absolute atomic E-state index is 0.0109. The Balaban J connectivity index is 2.45. The molecule has 2 aromatic rings. The standard InChI is InChI=1S/C25H36N4O7S/c1-18(2)15-26-22-14-21(10-11-23(22)29(33)34)37(35,36)28(16-19(3)4)17-25(32,27-24(30)31)13-12-20-8-6-5-7-9-20/h5-11,14,18-19,26-27,32H,12-13,15-17H2,1-4H3,(H,30,31)/t25-/m0/s1. The molecule has 4 N–H and O–H groups in total. The number of aliphatic hydroxyl groups is 1. The van der Waals surface area contributed by atoms with Crippen molar-refractivity contribution < 1.29 is 28.3 Å². The van der Waals surface area contributed by atoms with Gasteiger partial charge in [0.2, 0.25) is 10.0 Å². The first kappa shape index (κ1) is 30.0. The largest absolute Gasteiger partial charge is 0.465 e. The summed E-state index contributed by atoms with van der Waals surface area (Å²) >= 11 is 0. The zero-order valence-corrected chi connectivity index (χ0v) is 22.4. The molecule has 204 valence electrons. The molecule has 0 aliphatic rings. The highest BCUT2D eigenvalue weighted by atomic mass is 32.2. The van der Waals surface area contributed by atoms with Gasteiger partial charge in [0.15, 0.2) is 5.72 Å². The van der Waals surface area contributed by atoms with Crippen LogP contribution in [-0.2, 0) is 16.4 Å². The summed E-state index contributed by atoms with van der Waals surface area (Å²) in [5, 5.41) is 37.1. The lowest BCUT2D eigenvalue weighted by Crippen LogP contribution is -2.57. The number of aryl methyl sites for hydroxylation is 1. The van der Waals surface area contributed by atoms with Crippen LogP contribution in [-0.4, -0.2) is 59.3 Å². The molecule has 11 nitrogen and oxygen atoms in total. The van der Waals surface area contributed by atoms with E-state index < -0.39 is 33.3 Å². The van der Waals surface area contributed by atoms with Gasteiger partial charge in [0, 0.05) is 25.6 Å². The van der Waals surface area contributed by atoms with Crippen LogP contribution in [0.25, 0.3) is 0 Å². The van der Waals surface area contributed by atoms with Gasteiger partial charge in [-0.1, -0.05) is 58.0 Å². The molecular formula is C25H36N4O7S. The van der Waals surface area contributed by atoms with Gasteiger partial charge in [-0.05, 0) is 36.0 Å². The topological polar surface area (TPSA) is 162 Å². The summed E-state index contributed by atoms with van der Waals surface area (Å²) in [6.07, 6.45) is -1.27. The number of nitrogens with one attached hydrogen (secondary N) is 2. The molecule has 12 heteroatoms. The molecule has 0 saturated heterocycles. The third-order valence-electron chi connectivity index (χ3n) is 5.52. The average Bonchev–Trinajstić information content (AvgIpc) is 2.80. The van der Waals surface area contributed by atoms with Crippen molar-refractivity contribution in [3.05, 3.63) is 64.2 Å². The van der Waals surface area contributed by atoms with Crippen LogP contribution in [0.1, 0.15) is 39.7 Å². The molecule has 0 fully saturated rings. The van der Waals surface area contributed by atoms with Crippen LogP contribution in [0.3, 0.4) is 0 Å². The van der Waals surface area contributed by atoms with Crippen molar-refractivity contribution in [3.8, 4) is 0 Å². The Kier molecular flexibility index (Phi) is 10.4. The van der Waals surface area contributed by atoms with Crippen molar-refractivity contribution in [3.63, 3.8) is 0 Å². The fraction of sp³-hybridized carbons (Fsp3) is 0.480. The Labute approximate surface area is 217 Å². The Bertz CT molecular complexity index is 1170. The smallest absolute Gasteiger partial charge is 0.406 e. The predicted octanol–water partition coefficient (Wildman–Crippen LogP) is 3.90. The van der Waals surface area contributed by atoms with Gasteiger partial charge >= 0.3 is 6.09 Å². The van der Waals surface area contributed by atoms with E-state index >= 15 is 0 Å². The van der Waals surface area contributed by atoms with Crippen molar-refractivity contribution in [2.24, 2.45) is 11.8 Å². The molecule has 0 unspecified atom stereocenters. The van der Waals surface area contributed by atoms with E-state index in [1.165, 1.54) is 6.07 Å². The van der Waals surface area contributed by atoms with E-state index in [9.17, 15) is 33.5 Å². The van der Waals surface area contributed by atoms with E-state index in [1.54, 1.807) is 13.8 Å². The maximum atomic E-state index is 13.7. The zero-order valence-electron chi connectivity index (χ0n) is 21.5. The number of benzene rings is 2. The summed E-state index contributed by atoms with van der Waals surface area (Å²) in [5.41, 5.74) is -1.43. The van der Waals surface area contributed by atoms with Gasteiger partial charge in [-0.2, -0.15) is 4.31 Å². The molecule has 0 radical (unpaired) electrons. The first-order valence-electron chi connectivity index (χ1n) is 12.0. The molecule has 1 atom stereocenters. The van der Waals surface area contributed by atoms with Gasteiger partial charge in [-0.3, -0.25) is 15.4 Å². The summed E-state index contributed by atoms with van der Waals surface area (Å²) in [7, 11) is -4.27. The molecule has 2 rings (SSSR count). The van der Waals surface area contributed by atoms with Crippen molar-refractivity contribution in [1.82, 2.24) is 9.62 Å². The number of anilines is 1. The number of nitrogens with zero attached hydrogens (tertiary/aromatic N) is 2. The lowest BCUT2D eigenvalue weighted by Gasteiger charge is -2.34. The predicted molar refractivity (Wildman–Crippen MR) is 141 cm³/mol. The lowest BCUT2D eigenvalue weighted by molar-refractivity contribution is -0.384. The molecule has 0 aromatic heterocycles. The third-order valence-corrected chi connectivity index (χ3v) is 7.33. The van der Waals surface area contributed by atoms with E-state index in [-0.39, 0.29) is 41.1 Å². The van der Waals surface area contributed by atoms with Gasteiger partial charge in [-0.25, -0.2) is 13.2 Å². The number of rotatable bonds is 14. The van der Waals surface area contributed by atoms with E-state index in [1.807, 2.05) is 44.2 Å². The van der Waals surface area contributed by atoms with Crippen LogP contribution in [0, 0.1) is 22.0 Å². The molecule has 1 amide bonds. The van der Waals surface area contributed by atoms with Crippen LogP contribution >= 0.6 is 0 Å². The Morgan fingerprint density at radius 3 is 2.30 bits per heavy atom. The van der Waals surface area contributed by atoms with Gasteiger partial charge < -0.3 is 15.5 Å². The second-order valence-electron chi connectivity index (χ2n) is 9.85. The molecule has 37 heavy (non-hydrogen) atoms. The highest BCUT2D eigenvalue weighted by molar-refractivity contribution is 7.89. The Morgan fingerprint density at radius 1 is 1.11 bits per heavy atom. The van der Waals surface area contributed by atoms with E-state index in [0.717, 1.165) is 22.0 Å². The van der Waals surface area contributed by atoms with Crippen molar-refractivity contribution >= 4 is 27.5 Å². The monoisotopic (exact) mass is 536 g/mol. The fourth-order valence-corrected chi connectivity index (χ4v) is 5.45. The number of nitro benzene ring substituents is 1. The maximum absolute atomic E-state index is 13.7. The van der Waals surface area contributed by atoms with E-state index in [2.05, 4.69) is 10.6 Å². The van der Waals surface area contributed by atoms with Crippen LogP contribution in [0.4, 0.5) is 16.2 Å². The number of nitro groups is 1. The van der Waals surface area contributed by atoms with Gasteiger partial charge in [0.25, 0.3) is 5.69 Å². The summed E-state index contributed by atoms with van der Waals surface area (Å²) in [5.74, 6) is -0.00594. The minimum Gasteiger partial charge on any atom is -0.465 e. The fourth-order valence-electron chi connectivity index (χ4n) is 3.76. The normalized spacial score (nSPS) is 13.5. The Morgan fingerprint density at radius 2 is 1.76 bits per heavy atom. The number of sulfonamides is 1. The van der Waals surface area contributed by atoms with Gasteiger partial charge in [0.05, 0.1) is 16.4 Å². The second kappa shape index (κ2) is 12.8. The number of amides is 1. The molecular weight excluding hydrogens is 500 g/mol. The minimum atomic E-state index is -4.27. The number of hydrogen-bond donors (Lipinski definition) is 4. The average molecular weight is 537 g/mol. The van der Waals surface area contributed by atoms with Crippen molar-refractivity contribution in [2.45, 2.75) is 51.2 Å². The molecule has 0 spiro atoms. The van der Waals surface area contributed by atoms with Gasteiger partial charge in [-0.15, -0.1) is 0 Å². The molecule has 0 bridgehead atoms. The van der Waals surface area contributed by atoms with Crippen molar-refractivity contribution in [1.29, 1.82) is 0 Å². The first-order valence-corrected chi connectivity index (χ1v) is 13.5. The molecule has 0 aliphatic heterocycles. The van der Waals surface area contributed by atoms with Crippen LogP contribution in [0.15, 0.2) is 53.4 Å². The van der Waals surface area contributed by atoms with E-state index in [4.69, 9.17) is 0 Å². The molecule has 0 saturated carbocycles. The highest BCUT2D eigenvalue weighted by Crippen LogP contribution is 2.30. The second-order valence-corrected chi connectivity index (χ2v) is 11.8. The molecule has 0 heterocycles. The number of carboxylic acid groups (broad SMARTS) is 1. The summed E-state index contributed by atoms with van der Waals surface area (Å²) in [6, 6.07) is 12.6. The first-order chi connectivity index (χ1) is 17.2. The third kappa shape index (κ3) is 8.99. The van der Waals surface area contributed by atoms with Crippen LogP contribution in [0.5, 0.6) is 0 Å². The summed E-state index contributed by atoms with van der Waals surface area (Å²) in [6.45, 7) is 7.25. The van der Waals surface area contributed by atoms with E-state index in [0.29, 0.717) is 13.0 Å². The Hall–Kier alpha value is -3.22. The quantitative estimate of drug-likeness (QED) is 0.160. The van der Waals surface area contributed by atoms with Crippen molar-refractivity contribution in [2.75, 3.05) is 25.0 Å². The molecule has 2 aromatic carbocycles. The summed E-state index contributed by atoms with van der Waals surface area (Å²) in [4.78, 5) is 22.2. The lowest BCUT2D eigenvalue weighted by atomic mass is 10.0. The highest BCUT2D eigenvalue weighted by Gasteiger charge is 2.37. The number of carbonyl (C=O) groups is 1. The maximum Gasteiger partial charge on any atom is 0.406 e. The zero-order chi connectivity index (χ0) is 27.8. The SMILES string of the molecule is CC(C)CNc1cc(S(=O)(=O)N(CC(C)C)C[C@@](O)(CCc2ccccc2)NC(=O)O)ccc1[N+](=O)[O-].